The molecule has 0 aromatic heterocycles. The van der Waals surface area contributed by atoms with Crippen LogP contribution in [0.3, 0.4) is 0 Å². The molecule has 18 unspecified atom stereocenters. The molecule has 23 nitrogen and oxygen atoms in total. The second kappa shape index (κ2) is 61.1. The molecule has 0 bridgehead atoms. The van der Waals surface area contributed by atoms with Gasteiger partial charge in [-0.05, 0) is 19.3 Å². The highest BCUT2D eigenvalue weighted by Crippen LogP contribution is 2.39. The lowest BCUT2D eigenvalue weighted by molar-refractivity contribution is -0.386. The molecule has 3 rings (SSSR count). The smallest absolute Gasteiger partial charge is 0.364 e. The third-order valence-corrected chi connectivity index (χ3v) is 21.7. The van der Waals surface area contributed by atoms with Gasteiger partial charge < -0.3 is 100 Å². The van der Waals surface area contributed by atoms with Gasteiger partial charge in [-0.2, -0.15) is 0 Å². The fourth-order valence-electron chi connectivity index (χ4n) is 15.0. The summed E-state index contributed by atoms with van der Waals surface area (Å²) >= 11 is 0. The molecule has 3 aliphatic heterocycles. The van der Waals surface area contributed by atoms with Crippen LogP contribution in [-0.2, 0) is 42.8 Å². The molecule has 3 aliphatic rings. The highest BCUT2D eigenvalue weighted by atomic mass is 16.8. The van der Waals surface area contributed by atoms with E-state index < -0.39 is 155 Å². The monoisotopic (exact) mass is 1500 g/mol. The second-order valence-electron chi connectivity index (χ2n) is 31.1. The number of carbonyl (C=O) groups is 3. The van der Waals surface area contributed by atoms with E-state index in [-0.39, 0.29) is 12.3 Å². The lowest BCUT2D eigenvalue weighted by Crippen LogP contribution is -2.70. The van der Waals surface area contributed by atoms with E-state index in [4.69, 9.17) is 28.4 Å². The Labute approximate surface area is 632 Å². The number of nitrogens with one attached hydrogen (secondary N) is 2. The van der Waals surface area contributed by atoms with Crippen molar-refractivity contribution >= 4 is 17.8 Å². The number of allylic oxidation sites excluding steroid dienone is 1. The van der Waals surface area contributed by atoms with Gasteiger partial charge in [-0.3, -0.25) is 9.59 Å². The van der Waals surface area contributed by atoms with Crippen molar-refractivity contribution in [1.82, 2.24) is 10.6 Å². The lowest BCUT2D eigenvalue weighted by atomic mass is 9.88. The molecule has 2 amide bonds. The molecule has 0 aliphatic carbocycles. The number of rotatable bonds is 68. The average molecular weight is 1500 g/mol. The molecule has 0 aromatic rings. The van der Waals surface area contributed by atoms with Crippen molar-refractivity contribution in [1.29, 1.82) is 0 Å². The first kappa shape index (κ1) is 96.7. The van der Waals surface area contributed by atoms with Crippen LogP contribution in [-0.4, -0.2) is 215 Å². The zero-order valence-corrected chi connectivity index (χ0v) is 65.6. The molecular formula is C82H154N2O21. The number of aliphatic carboxylic acids is 1. The van der Waals surface area contributed by atoms with Crippen molar-refractivity contribution < 1.29 is 104 Å². The summed E-state index contributed by atoms with van der Waals surface area (Å²) < 4.78 is 35.0. The van der Waals surface area contributed by atoms with E-state index >= 15 is 0 Å². The molecule has 0 radical (unpaired) electrons. The van der Waals surface area contributed by atoms with E-state index in [2.05, 4.69) is 24.5 Å². The fourth-order valence-corrected chi connectivity index (χ4v) is 15.0. The number of hydrogen-bond acceptors (Lipinski definition) is 20. The quantitative estimate of drug-likeness (QED) is 0.0199. The van der Waals surface area contributed by atoms with E-state index in [0.717, 1.165) is 51.9 Å². The molecule has 14 N–H and O–H groups in total. The standard InChI is InChI=1S/C82H154N2O21/c1-4-6-8-10-12-14-16-18-20-22-24-26-28-29-30-31-32-33-34-36-38-40-42-44-46-48-50-52-54-56-69(92)84-63(64(89)55-53-51-49-47-45-43-41-39-37-35-27-25-23-21-19-17-15-13-11-9-7-5-2)61-100-79-74(96)73(95)76(68(60-87)102-79)103-80-75(97)78(72(94)67(59-86)101-80)105-82(81(98)99)57-65(90)70(83-62(3)88)77(104-82)71(93)66(91)58-85/h53,55,63-68,70-80,85-87,89-91,93-97H,4-52,54,56-61H2,1-3H3,(H,83,88)(H,84,92)(H,98,99)/b55-53+. The third-order valence-electron chi connectivity index (χ3n) is 21.7. The lowest BCUT2D eigenvalue weighted by Gasteiger charge is -2.50. The van der Waals surface area contributed by atoms with Gasteiger partial charge in [0.25, 0.3) is 5.79 Å². The van der Waals surface area contributed by atoms with Crippen LogP contribution in [0.25, 0.3) is 0 Å². The topological polar surface area (TPSA) is 373 Å². The maximum atomic E-state index is 13.6. The summed E-state index contributed by atoms with van der Waals surface area (Å²) in [5, 5.41) is 137. The number of ether oxygens (including phenoxy) is 6. The van der Waals surface area contributed by atoms with Crippen LogP contribution in [0.2, 0.25) is 0 Å². The van der Waals surface area contributed by atoms with Crippen LogP contribution in [0.15, 0.2) is 12.2 Å². The number of amides is 2. The predicted molar refractivity (Wildman–Crippen MR) is 408 cm³/mol. The van der Waals surface area contributed by atoms with E-state index in [9.17, 15) is 75.7 Å². The molecule has 0 saturated carbocycles. The highest BCUT2D eigenvalue weighted by molar-refractivity contribution is 5.77. The van der Waals surface area contributed by atoms with Gasteiger partial charge in [0.2, 0.25) is 11.8 Å². The number of carboxylic acids is 1. The molecule has 23 heteroatoms. The van der Waals surface area contributed by atoms with Crippen molar-refractivity contribution in [2.24, 2.45) is 0 Å². The maximum Gasteiger partial charge on any atom is 0.364 e. The Hall–Kier alpha value is -2.53. The Kier molecular flexibility index (Phi) is 56.3. The molecule has 3 fully saturated rings. The Morgan fingerprint density at radius 3 is 1.27 bits per heavy atom. The third kappa shape index (κ3) is 41.0. The van der Waals surface area contributed by atoms with Crippen molar-refractivity contribution in [2.45, 2.75) is 464 Å². The van der Waals surface area contributed by atoms with Gasteiger partial charge >= 0.3 is 5.97 Å². The minimum absolute atomic E-state index is 0.206. The number of carboxylic acid groups (broad SMARTS) is 1. The van der Waals surface area contributed by atoms with Gasteiger partial charge in [-0.25, -0.2) is 4.79 Å². The molecule has 0 spiro atoms. The summed E-state index contributed by atoms with van der Waals surface area (Å²) in [7, 11) is 0. The summed E-state index contributed by atoms with van der Waals surface area (Å²) in [5.41, 5.74) is 0. The molecule has 18 atom stereocenters. The molecule has 3 saturated heterocycles. The van der Waals surface area contributed by atoms with Crippen LogP contribution in [0.5, 0.6) is 0 Å². The first-order valence-electron chi connectivity index (χ1n) is 42.6. The van der Waals surface area contributed by atoms with Crippen molar-refractivity contribution in [3.63, 3.8) is 0 Å². The Morgan fingerprint density at radius 1 is 0.495 bits per heavy atom. The van der Waals surface area contributed by atoms with E-state index in [1.807, 2.05) is 6.08 Å². The zero-order valence-electron chi connectivity index (χ0n) is 65.6. The van der Waals surface area contributed by atoms with Crippen molar-refractivity contribution in [2.75, 3.05) is 26.4 Å². The molecular weight excluding hydrogens is 1350 g/mol. The number of unbranched alkanes of at least 4 members (excludes halogenated alkanes) is 48. The van der Waals surface area contributed by atoms with Gasteiger partial charge in [0.05, 0.1) is 50.7 Å². The molecule has 105 heavy (non-hydrogen) atoms. The van der Waals surface area contributed by atoms with Crippen molar-refractivity contribution in [3.05, 3.63) is 12.2 Å². The SMILES string of the molecule is CCCCCCCCCCCCCCCCCCCCCC/C=C/C(O)C(COC1OC(CO)C(OC2OC(CO)C(O)C(OC3(C(=O)O)CC(O)C(NC(C)=O)C(C(O)C(O)CO)O3)C2O)C(O)C1O)NC(=O)CCCCCCCCCCCCCCCCCCCCCCCCCCCCCCC. The predicted octanol–water partition coefficient (Wildman–Crippen LogP) is 12.1. The van der Waals surface area contributed by atoms with E-state index in [1.54, 1.807) is 6.08 Å². The number of aliphatic hydroxyl groups is 11. The molecule has 3 heterocycles. The Bertz CT molecular complexity index is 2140. The highest BCUT2D eigenvalue weighted by Gasteiger charge is 2.60. The molecule has 0 aromatic carbocycles. The zero-order chi connectivity index (χ0) is 76.7. The number of aliphatic hydroxyl groups excluding tert-OH is 11. The van der Waals surface area contributed by atoms with Gasteiger partial charge in [-0.15, -0.1) is 0 Å². The van der Waals surface area contributed by atoms with Gasteiger partial charge in [-0.1, -0.05) is 328 Å². The van der Waals surface area contributed by atoms with Crippen LogP contribution < -0.4 is 10.6 Å². The fraction of sp³-hybridized carbons (Fsp3) is 0.939. The maximum absolute atomic E-state index is 13.6. The number of hydrogen-bond donors (Lipinski definition) is 14. The van der Waals surface area contributed by atoms with Crippen LogP contribution in [0.1, 0.15) is 355 Å². The van der Waals surface area contributed by atoms with Crippen LogP contribution in [0.4, 0.5) is 0 Å². The molecule has 618 valence electrons. The van der Waals surface area contributed by atoms with Gasteiger partial charge in [0.15, 0.2) is 12.6 Å². The van der Waals surface area contributed by atoms with Gasteiger partial charge in [0.1, 0.15) is 67.1 Å². The number of carbonyl (C=O) groups excluding carboxylic acids is 2. The van der Waals surface area contributed by atoms with E-state index in [0.29, 0.717) is 12.8 Å². The first-order chi connectivity index (χ1) is 50.9. The summed E-state index contributed by atoms with van der Waals surface area (Å²) in [6.07, 6.45) is 38.2. The van der Waals surface area contributed by atoms with Gasteiger partial charge in [0, 0.05) is 19.8 Å². The first-order valence-corrected chi connectivity index (χ1v) is 42.6. The Morgan fingerprint density at radius 2 is 0.886 bits per heavy atom. The Balaban J connectivity index is 1.49. The van der Waals surface area contributed by atoms with Crippen molar-refractivity contribution in [3.8, 4) is 0 Å². The van der Waals surface area contributed by atoms with E-state index in [1.165, 1.54) is 263 Å². The average Bonchev–Trinajstić information content (AvgIpc) is 0.754. The minimum atomic E-state index is -3.08. The van der Waals surface area contributed by atoms with Crippen LogP contribution >= 0.6 is 0 Å². The summed E-state index contributed by atoms with van der Waals surface area (Å²) in [4.78, 5) is 38.7. The minimum Gasteiger partial charge on any atom is -0.477 e. The summed E-state index contributed by atoms with van der Waals surface area (Å²) in [6.45, 7) is 2.21. The summed E-state index contributed by atoms with van der Waals surface area (Å²) in [5.74, 6) is -6.13. The largest absolute Gasteiger partial charge is 0.477 e. The van der Waals surface area contributed by atoms with Crippen LogP contribution in [0, 0.1) is 0 Å². The second-order valence-corrected chi connectivity index (χ2v) is 31.1. The normalized spacial score (nSPS) is 26.2. The summed E-state index contributed by atoms with van der Waals surface area (Å²) in [6, 6.07) is -2.62.